The molecule has 0 bridgehead atoms. The zero-order valence-electron chi connectivity index (χ0n) is 21.4. The third kappa shape index (κ3) is 5.83. The minimum atomic E-state index is -0.541. The molecule has 2 aromatic heterocycles. The van der Waals surface area contributed by atoms with E-state index in [0.29, 0.717) is 31.7 Å². The van der Waals surface area contributed by atoms with Crippen molar-refractivity contribution in [3.05, 3.63) is 92.2 Å². The van der Waals surface area contributed by atoms with Crippen LogP contribution in [-0.2, 0) is 4.74 Å². The average Bonchev–Trinajstić information content (AvgIpc) is 3.52. The number of nitriles is 1. The number of esters is 1. The van der Waals surface area contributed by atoms with Gasteiger partial charge in [0, 0.05) is 22.8 Å². The molecule has 2 aromatic carbocycles. The van der Waals surface area contributed by atoms with E-state index in [2.05, 4.69) is 41.6 Å². The quantitative estimate of drug-likeness (QED) is 0.180. The molecular weight excluding hydrogens is 516 g/mol. The minimum absolute atomic E-state index is 0.193. The Morgan fingerprint density at radius 2 is 1.87 bits per heavy atom. The zero-order valence-corrected chi connectivity index (χ0v) is 23.0. The van der Waals surface area contributed by atoms with Gasteiger partial charge in [-0.1, -0.05) is 30.3 Å². The molecule has 9 heteroatoms. The molecule has 0 aliphatic rings. The van der Waals surface area contributed by atoms with Crippen LogP contribution in [0.1, 0.15) is 48.7 Å². The van der Waals surface area contributed by atoms with Gasteiger partial charge in [0.1, 0.15) is 21.7 Å². The predicted octanol–water partition coefficient (Wildman–Crippen LogP) is 7.20. The van der Waals surface area contributed by atoms with E-state index in [4.69, 9.17) is 4.74 Å². The molecule has 0 unspecified atom stereocenters. The molecule has 0 saturated heterocycles. The molecule has 0 fully saturated rings. The maximum absolute atomic E-state index is 13.0. The molecule has 0 saturated carbocycles. The fourth-order valence-corrected chi connectivity index (χ4v) is 5.55. The molecule has 0 aliphatic carbocycles. The van der Waals surface area contributed by atoms with Crippen molar-refractivity contribution in [2.45, 2.75) is 27.7 Å². The van der Waals surface area contributed by atoms with Crippen molar-refractivity contribution in [1.29, 1.82) is 5.26 Å². The van der Waals surface area contributed by atoms with Crippen molar-refractivity contribution >= 4 is 50.8 Å². The zero-order chi connectivity index (χ0) is 27.2. The standard InChI is InChI=1S/C29H26N4O3S2/c1-5-36-29(35)24-19(4)25(26(34)32-22-9-7-6-8-10-22)38-28(24)31-15-21(14-30)27-33-23(16-37-27)20-12-11-17(2)18(3)13-20/h6-13,15-16,31H,5H2,1-4H3,(H,32,34)/b21-15-. The smallest absolute Gasteiger partial charge is 0.341 e. The van der Waals surface area contributed by atoms with Crippen LogP contribution in [-0.4, -0.2) is 23.5 Å². The second-order valence-electron chi connectivity index (χ2n) is 8.45. The molecule has 192 valence electrons. The lowest BCUT2D eigenvalue weighted by Gasteiger charge is -2.06. The largest absolute Gasteiger partial charge is 0.462 e. The highest BCUT2D eigenvalue weighted by Gasteiger charge is 2.25. The first-order valence-electron chi connectivity index (χ1n) is 11.9. The summed E-state index contributed by atoms with van der Waals surface area (Å²) >= 11 is 2.49. The molecule has 0 radical (unpaired) electrons. The Bertz CT molecular complexity index is 1560. The second kappa shape index (κ2) is 11.9. The van der Waals surface area contributed by atoms with Crippen molar-refractivity contribution in [2.24, 2.45) is 0 Å². The summed E-state index contributed by atoms with van der Waals surface area (Å²) in [7, 11) is 0. The van der Waals surface area contributed by atoms with Gasteiger partial charge in [0.2, 0.25) is 0 Å². The molecular formula is C29H26N4O3S2. The molecule has 2 N–H and O–H groups in total. The van der Waals surface area contributed by atoms with Crippen molar-refractivity contribution in [3.8, 4) is 17.3 Å². The van der Waals surface area contributed by atoms with Gasteiger partial charge in [-0.2, -0.15) is 5.26 Å². The van der Waals surface area contributed by atoms with E-state index in [9.17, 15) is 14.9 Å². The number of rotatable bonds is 8. The number of carbonyl (C=O) groups is 2. The number of aryl methyl sites for hydroxylation is 2. The number of nitrogens with one attached hydrogen (secondary N) is 2. The molecule has 0 spiro atoms. The van der Waals surface area contributed by atoms with Crippen LogP contribution in [0, 0.1) is 32.1 Å². The molecule has 1 amide bonds. The first-order valence-corrected chi connectivity index (χ1v) is 13.6. The summed E-state index contributed by atoms with van der Waals surface area (Å²) in [5.74, 6) is -0.875. The molecule has 38 heavy (non-hydrogen) atoms. The van der Waals surface area contributed by atoms with Gasteiger partial charge in [0.15, 0.2) is 0 Å². The van der Waals surface area contributed by atoms with Gasteiger partial charge in [-0.25, -0.2) is 9.78 Å². The number of hydrogen-bond donors (Lipinski definition) is 2. The van der Waals surface area contributed by atoms with Crippen LogP contribution in [0.3, 0.4) is 0 Å². The number of allylic oxidation sites excluding steroid dienone is 1. The van der Waals surface area contributed by atoms with Crippen LogP contribution in [0.25, 0.3) is 16.8 Å². The van der Waals surface area contributed by atoms with E-state index in [1.165, 1.54) is 28.7 Å². The van der Waals surface area contributed by atoms with Gasteiger partial charge in [-0.15, -0.1) is 22.7 Å². The van der Waals surface area contributed by atoms with Gasteiger partial charge >= 0.3 is 5.97 Å². The predicted molar refractivity (Wildman–Crippen MR) is 154 cm³/mol. The van der Waals surface area contributed by atoms with Crippen LogP contribution in [0.2, 0.25) is 0 Å². The maximum atomic E-state index is 13.0. The summed E-state index contributed by atoms with van der Waals surface area (Å²) < 4.78 is 5.25. The van der Waals surface area contributed by atoms with E-state index >= 15 is 0 Å². The van der Waals surface area contributed by atoms with E-state index in [1.807, 2.05) is 35.7 Å². The van der Waals surface area contributed by atoms with Gasteiger partial charge < -0.3 is 15.4 Å². The Balaban J connectivity index is 1.64. The van der Waals surface area contributed by atoms with Gasteiger partial charge in [0.25, 0.3) is 5.91 Å². The number of benzene rings is 2. The highest BCUT2D eigenvalue weighted by Crippen LogP contribution is 2.35. The van der Waals surface area contributed by atoms with Crippen LogP contribution in [0.5, 0.6) is 0 Å². The lowest BCUT2D eigenvalue weighted by molar-refractivity contribution is 0.0527. The Kier molecular flexibility index (Phi) is 8.36. The summed E-state index contributed by atoms with van der Waals surface area (Å²) in [4.78, 5) is 30.8. The summed E-state index contributed by atoms with van der Waals surface area (Å²) in [6, 6.07) is 17.4. The van der Waals surface area contributed by atoms with Crippen molar-refractivity contribution in [2.75, 3.05) is 17.2 Å². The first-order chi connectivity index (χ1) is 18.3. The fourth-order valence-electron chi connectivity index (χ4n) is 3.70. The Hall–Kier alpha value is -4.26. The molecule has 4 aromatic rings. The minimum Gasteiger partial charge on any atom is -0.462 e. The number of thiophene rings is 1. The number of hydrogen-bond acceptors (Lipinski definition) is 8. The van der Waals surface area contributed by atoms with E-state index < -0.39 is 5.97 Å². The number of aromatic nitrogens is 1. The fraction of sp³-hybridized carbons (Fsp3) is 0.172. The van der Waals surface area contributed by atoms with Crippen LogP contribution in [0.15, 0.2) is 60.1 Å². The Morgan fingerprint density at radius 3 is 2.55 bits per heavy atom. The van der Waals surface area contributed by atoms with Gasteiger partial charge in [-0.3, -0.25) is 4.79 Å². The lowest BCUT2D eigenvalue weighted by atomic mass is 10.1. The van der Waals surface area contributed by atoms with Crippen LogP contribution >= 0.6 is 22.7 Å². The first kappa shape index (κ1) is 26.8. The summed E-state index contributed by atoms with van der Waals surface area (Å²) in [6.07, 6.45) is 1.51. The number of carbonyl (C=O) groups excluding carboxylic acids is 2. The lowest BCUT2D eigenvalue weighted by Crippen LogP contribution is -2.12. The third-order valence-corrected chi connectivity index (χ3v) is 7.97. The van der Waals surface area contributed by atoms with E-state index in [-0.39, 0.29) is 18.1 Å². The van der Waals surface area contributed by atoms with Crippen molar-refractivity contribution in [1.82, 2.24) is 4.98 Å². The Morgan fingerprint density at radius 1 is 1.11 bits per heavy atom. The second-order valence-corrected chi connectivity index (χ2v) is 10.3. The summed E-state index contributed by atoms with van der Waals surface area (Å²) in [5.41, 5.74) is 5.85. The number of ether oxygens (including phenoxy) is 1. The van der Waals surface area contributed by atoms with Crippen molar-refractivity contribution in [3.63, 3.8) is 0 Å². The third-order valence-electron chi connectivity index (χ3n) is 5.87. The molecule has 7 nitrogen and oxygen atoms in total. The number of thiazole rings is 1. The summed E-state index contributed by atoms with van der Waals surface area (Å²) in [5, 5.41) is 18.6. The Labute approximate surface area is 229 Å². The van der Waals surface area contributed by atoms with E-state index in [0.717, 1.165) is 22.6 Å². The number of nitrogens with zero attached hydrogens (tertiary/aromatic N) is 2. The molecule has 0 atom stereocenters. The van der Waals surface area contributed by atoms with Crippen molar-refractivity contribution < 1.29 is 14.3 Å². The normalized spacial score (nSPS) is 11.1. The number of para-hydroxylation sites is 1. The molecule has 4 rings (SSSR count). The number of anilines is 2. The topological polar surface area (TPSA) is 104 Å². The monoisotopic (exact) mass is 542 g/mol. The highest BCUT2D eigenvalue weighted by molar-refractivity contribution is 7.18. The molecule has 0 aliphatic heterocycles. The van der Waals surface area contributed by atoms with Crippen LogP contribution in [0.4, 0.5) is 10.7 Å². The molecule has 2 heterocycles. The average molecular weight is 543 g/mol. The van der Waals surface area contributed by atoms with Gasteiger partial charge in [-0.05, 0) is 62.6 Å². The van der Waals surface area contributed by atoms with Crippen LogP contribution < -0.4 is 10.6 Å². The van der Waals surface area contributed by atoms with Gasteiger partial charge in [0.05, 0.1) is 22.7 Å². The highest BCUT2D eigenvalue weighted by atomic mass is 32.1. The summed E-state index contributed by atoms with van der Waals surface area (Å²) in [6.45, 7) is 7.73. The maximum Gasteiger partial charge on any atom is 0.341 e. The van der Waals surface area contributed by atoms with E-state index in [1.54, 1.807) is 26.0 Å². The SMILES string of the molecule is CCOC(=O)c1c(N/C=C(/C#N)c2nc(-c3ccc(C)c(C)c3)cs2)sc(C(=O)Nc2ccccc2)c1C. The number of amides is 1.